The maximum atomic E-state index is 9.61. The molecule has 1 atom stereocenters. The van der Waals surface area contributed by atoms with Gasteiger partial charge in [0.1, 0.15) is 0 Å². The first-order valence-electron chi connectivity index (χ1n) is 6.55. The molecule has 0 saturated heterocycles. The maximum absolute atomic E-state index is 9.61. The van der Waals surface area contributed by atoms with Crippen molar-refractivity contribution in [1.29, 1.82) is 0 Å². The van der Waals surface area contributed by atoms with Gasteiger partial charge in [0.15, 0.2) is 0 Å². The average Bonchev–Trinajstić information content (AvgIpc) is 2.66. The molecule has 3 nitrogen and oxygen atoms in total. The highest BCUT2D eigenvalue weighted by atomic mass is 35.5. The molecule has 1 aromatic heterocycles. The summed E-state index contributed by atoms with van der Waals surface area (Å²) in [5.74, 6) is 0.0715. The first-order valence-corrected chi connectivity index (χ1v) is 7.30. The summed E-state index contributed by atoms with van der Waals surface area (Å²) in [5.41, 5.74) is 2.82. The number of hydrogen-bond acceptors (Lipinski definition) is 2. The molecule has 2 rings (SSSR count). The molecule has 0 bridgehead atoms. The van der Waals surface area contributed by atoms with E-state index in [0.29, 0.717) is 11.4 Å². The lowest BCUT2D eigenvalue weighted by molar-refractivity contribution is 0.223. The molecule has 2 aromatic rings. The lowest BCUT2D eigenvalue weighted by Gasteiger charge is -2.15. The van der Waals surface area contributed by atoms with E-state index in [0.717, 1.165) is 28.4 Å². The predicted molar refractivity (Wildman–Crippen MR) is 82.4 cm³/mol. The van der Waals surface area contributed by atoms with Gasteiger partial charge in [-0.3, -0.25) is 4.68 Å². The Morgan fingerprint density at radius 2 is 1.95 bits per heavy atom. The van der Waals surface area contributed by atoms with Crippen molar-refractivity contribution in [3.63, 3.8) is 0 Å². The second kappa shape index (κ2) is 6.61. The number of benzene rings is 1. The number of halogens is 2. The van der Waals surface area contributed by atoms with Gasteiger partial charge < -0.3 is 5.11 Å². The van der Waals surface area contributed by atoms with Crippen molar-refractivity contribution in [2.75, 3.05) is 6.61 Å². The zero-order valence-electron chi connectivity index (χ0n) is 11.6. The van der Waals surface area contributed by atoms with Crippen LogP contribution in [0.1, 0.15) is 17.0 Å². The summed E-state index contributed by atoms with van der Waals surface area (Å²) >= 11 is 12.4. The van der Waals surface area contributed by atoms with Crippen LogP contribution in [0.4, 0.5) is 0 Å². The fourth-order valence-electron chi connectivity index (χ4n) is 2.35. The Hall–Kier alpha value is -1.03. The quantitative estimate of drug-likeness (QED) is 0.918. The van der Waals surface area contributed by atoms with Crippen molar-refractivity contribution in [3.05, 3.63) is 51.3 Å². The molecule has 1 unspecified atom stereocenters. The predicted octanol–water partition coefficient (Wildman–Crippen LogP) is 3.43. The number of aliphatic hydroxyl groups is 1. The van der Waals surface area contributed by atoms with E-state index in [2.05, 4.69) is 5.10 Å². The highest BCUT2D eigenvalue weighted by molar-refractivity contribution is 6.32. The summed E-state index contributed by atoms with van der Waals surface area (Å²) in [5, 5.41) is 15.3. The zero-order chi connectivity index (χ0) is 14.7. The van der Waals surface area contributed by atoms with Crippen LogP contribution >= 0.6 is 23.2 Å². The molecule has 1 aromatic carbocycles. The van der Waals surface area contributed by atoms with Gasteiger partial charge in [0.2, 0.25) is 0 Å². The molecule has 0 fully saturated rings. The fraction of sp³-hybridized carbons (Fsp3) is 0.400. The summed E-state index contributed by atoms with van der Waals surface area (Å²) in [6, 6.07) is 7.71. The van der Waals surface area contributed by atoms with Crippen LogP contribution < -0.4 is 0 Å². The largest absolute Gasteiger partial charge is 0.396 e. The van der Waals surface area contributed by atoms with Crippen LogP contribution in [0.5, 0.6) is 0 Å². The molecule has 5 heteroatoms. The van der Waals surface area contributed by atoms with Crippen LogP contribution in [0.15, 0.2) is 24.3 Å². The smallest absolute Gasteiger partial charge is 0.0847 e. The minimum atomic E-state index is 0.0715. The SMILES string of the molecule is Cc1nn(C)c(CC(CO)Cc2ccccc2Cl)c1Cl. The van der Waals surface area contributed by atoms with Crippen LogP contribution in [0.2, 0.25) is 10.0 Å². The van der Waals surface area contributed by atoms with Crippen molar-refractivity contribution in [1.82, 2.24) is 9.78 Å². The Morgan fingerprint density at radius 1 is 1.25 bits per heavy atom. The van der Waals surface area contributed by atoms with Gasteiger partial charge >= 0.3 is 0 Å². The third kappa shape index (κ3) is 3.35. The van der Waals surface area contributed by atoms with Crippen LogP contribution in [0.3, 0.4) is 0 Å². The van der Waals surface area contributed by atoms with E-state index < -0.39 is 0 Å². The molecular weight excluding hydrogens is 295 g/mol. The van der Waals surface area contributed by atoms with Gasteiger partial charge in [-0.2, -0.15) is 5.10 Å². The molecule has 1 heterocycles. The average molecular weight is 313 g/mol. The lowest BCUT2D eigenvalue weighted by Crippen LogP contribution is -2.15. The molecule has 0 radical (unpaired) electrons. The fourth-order valence-corrected chi connectivity index (χ4v) is 2.80. The Balaban J connectivity index is 2.15. The highest BCUT2D eigenvalue weighted by Gasteiger charge is 2.17. The minimum absolute atomic E-state index is 0.0715. The number of aromatic nitrogens is 2. The molecule has 0 amide bonds. The molecular formula is C15H18Cl2N2O. The van der Waals surface area contributed by atoms with Crippen LogP contribution in [-0.4, -0.2) is 21.5 Å². The van der Waals surface area contributed by atoms with E-state index in [4.69, 9.17) is 23.2 Å². The van der Waals surface area contributed by atoms with E-state index in [-0.39, 0.29) is 12.5 Å². The summed E-state index contributed by atoms with van der Waals surface area (Å²) in [7, 11) is 1.87. The molecule has 108 valence electrons. The third-order valence-corrected chi connectivity index (χ3v) is 4.33. The van der Waals surface area contributed by atoms with E-state index in [9.17, 15) is 5.11 Å². The highest BCUT2D eigenvalue weighted by Crippen LogP contribution is 2.25. The maximum Gasteiger partial charge on any atom is 0.0847 e. The normalized spacial score (nSPS) is 12.7. The number of rotatable bonds is 5. The van der Waals surface area contributed by atoms with Gasteiger partial charge in [-0.25, -0.2) is 0 Å². The molecule has 0 aliphatic carbocycles. The van der Waals surface area contributed by atoms with Crippen molar-refractivity contribution in [2.24, 2.45) is 13.0 Å². The molecule has 0 aliphatic heterocycles. The van der Waals surface area contributed by atoms with Gasteiger partial charge in [-0.15, -0.1) is 0 Å². The number of aryl methyl sites for hydroxylation is 2. The lowest BCUT2D eigenvalue weighted by atomic mass is 9.95. The summed E-state index contributed by atoms with van der Waals surface area (Å²) in [6.07, 6.45) is 1.40. The van der Waals surface area contributed by atoms with Gasteiger partial charge in [0.25, 0.3) is 0 Å². The van der Waals surface area contributed by atoms with Crippen molar-refractivity contribution in [2.45, 2.75) is 19.8 Å². The Kier molecular flexibility index (Phi) is 5.08. The zero-order valence-corrected chi connectivity index (χ0v) is 13.1. The van der Waals surface area contributed by atoms with E-state index in [1.807, 2.05) is 38.2 Å². The second-order valence-electron chi connectivity index (χ2n) is 5.02. The van der Waals surface area contributed by atoms with Gasteiger partial charge in [-0.05, 0) is 37.3 Å². The van der Waals surface area contributed by atoms with Crippen LogP contribution in [-0.2, 0) is 19.9 Å². The number of nitrogens with zero attached hydrogens (tertiary/aromatic N) is 2. The summed E-state index contributed by atoms with van der Waals surface area (Å²) in [4.78, 5) is 0. The van der Waals surface area contributed by atoms with Crippen molar-refractivity contribution in [3.8, 4) is 0 Å². The van der Waals surface area contributed by atoms with Gasteiger partial charge in [0, 0.05) is 18.7 Å². The Labute approximate surface area is 129 Å². The topological polar surface area (TPSA) is 38.0 Å². The first-order chi connectivity index (χ1) is 9.52. The minimum Gasteiger partial charge on any atom is -0.396 e. The summed E-state index contributed by atoms with van der Waals surface area (Å²) < 4.78 is 1.78. The van der Waals surface area contributed by atoms with Crippen molar-refractivity contribution < 1.29 is 5.11 Å². The molecule has 0 aliphatic rings. The molecule has 0 spiro atoms. The second-order valence-corrected chi connectivity index (χ2v) is 5.80. The Morgan fingerprint density at radius 3 is 2.50 bits per heavy atom. The standard InChI is InChI=1S/C15H18Cl2N2O/c1-10-15(17)14(19(2)18-10)8-11(9-20)7-12-5-3-4-6-13(12)16/h3-6,11,20H,7-9H2,1-2H3. The molecule has 1 N–H and O–H groups in total. The first kappa shape index (κ1) is 15.4. The van der Waals surface area contributed by atoms with Crippen LogP contribution in [0.25, 0.3) is 0 Å². The third-order valence-electron chi connectivity index (χ3n) is 3.47. The molecule has 20 heavy (non-hydrogen) atoms. The van der Waals surface area contributed by atoms with E-state index in [1.54, 1.807) is 4.68 Å². The van der Waals surface area contributed by atoms with Crippen LogP contribution in [0, 0.1) is 12.8 Å². The van der Waals surface area contributed by atoms with Gasteiger partial charge in [-0.1, -0.05) is 41.4 Å². The van der Waals surface area contributed by atoms with E-state index in [1.165, 1.54) is 0 Å². The van der Waals surface area contributed by atoms with Gasteiger partial charge in [0.05, 0.1) is 16.4 Å². The monoisotopic (exact) mass is 312 g/mol. The van der Waals surface area contributed by atoms with E-state index >= 15 is 0 Å². The molecule has 0 saturated carbocycles. The Bertz CT molecular complexity index is 596. The number of hydrogen-bond donors (Lipinski definition) is 1. The van der Waals surface area contributed by atoms with Crippen molar-refractivity contribution >= 4 is 23.2 Å². The summed E-state index contributed by atoms with van der Waals surface area (Å²) in [6.45, 7) is 1.97. The number of aliphatic hydroxyl groups excluding tert-OH is 1.